The van der Waals surface area contributed by atoms with Crippen LogP contribution in [0.5, 0.6) is 0 Å². The van der Waals surface area contributed by atoms with E-state index in [9.17, 15) is 5.11 Å². The highest BCUT2D eigenvalue weighted by molar-refractivity contribution is 4.97. The topological polar surface area (TPSA) is 26.7 Å². The van der Waals surface area contributed by atoms with Crippen LogP contribution in [0.2, 0.25) is 0 Å². The van der Waals surface area contributed by atoms with Crippen molar-refractivity contribution in [2.24, 2.45) is 0 Å². The van der Waals surface area contributed by atoms with Crippen LogP contribution in [0.15, 0.2) is 0 Å². The molecule has 3 aliphatic heterocycles. The van der Waals surface area contributed by atoms with Gasteiger partial charge in [-0.3, -0.25) is 9.80 Å². The van der Waals surface area contributed by atoms with Gasteiger partial charge < -0.3 is 5.11 Å². The van der Waals surface area contributed by atoms with Gasteiger partial charge >= 0.3 is 0 Å². The van der Waals surface area contributed by atoms with Crippen molar-refractivity contribution >= 4 is 0 Å². The quantitative estimate of drug-likeness (QED) is 0.522. The van der Waals surface area contributed by atoms with Gasteiger partial charge in [-0.05, 0) is 13.8 Å². The van der Waals surface area contributed by atoms with E-state index in [1.54, 1.807) is 0 Å². The molecule has 11 heavy (non-hydrogen) atoms. The predicted molar refractivity (Wildman–Crippen MR) is 43.2 cm³/mol. The molecular weight excluding hydrogens is 140 g/mol. The monoisotopic (exact) mass is 156 g/mol. The maximum Gasteiger partial charge on any atom is 0.125 e. The van der Waals surface area contributed by atoms with Crippen LogP contribution in [0.1, 0.15) is 13.8 Å². The first-order chi connectivity index (χ1) is 5.12. The molecule has 0 aromatic rings. The number of aliphatic hydroxyl groups excluding tert-OH is 1. The Labute approximate surface area is 67.6 Å². The fourth-order valence-electron chi connectivity index (χ4n) is 2.15. The average Bonchev–Trinajstić information content (AvgIpc) is 2.01. The van der Waals surface area contributed by atoms with Crippen molar-refractivity contribution in [3.63, 3.8) is 0 Å². The highest BCUT2D eigenvalue weighted by Gasteiger charge is 2.45. The first-order valence-corrected chi connectivity index (χ1v) is 4.29. The number of hydrogen-bond donors (Lipinski definition) is 1. The van der Waals surface area contributed by atoms with E-state index in [1.165, 1.54) is 0 Å². The second kappa shape index (κ2) is 2.19. The second-order valence-electron chi connectivity index (χ2n) is 4.05. The summed E-state index contributed by atoms with van der Waals surface area (Å²) in [5, 5.41) is 9.81. The maximum absolute atomic E-state index is 9.81. The Hall–Kier alpha value is -0.120. The summed E-state index contributed by atoms with van der Waals surface area (Å²) in [6.07, 6.45) is -0.259. The van der Waals surface area contributed by atoms with Gasteiger partial charge in [-0.2, -0.15) is 0 Å². The van der Waals surface area contributed by atoms with Crippen LogP contribution in [0.25, 0.3) is 0 Å². The lowest BCUT2D eigenvalue weighted by Gasteiger charge is -2.55. The number of aliphatic hydroxyl groups is 1. The molecule has 3 heteroatoms. The van der Waals surface area contributed by atoms with Crippen molar-refractivity contribution in [1.82, 2.24) is 9.80 Å². The van der Waals surface area contributed by atoms with Crippen LogP contribution >= 0.6 is 0 Å². The van der Waals surface area contributed by atoms with Gasteiger partial charge in [0.15, 0.2) is 0 Å². The molecule has 3 nitrogen and oxygen atoms in total. The molecule has 2 bridgehead atoms. The van der Waals surface area contributed by atoms with Gasteiger partial charge in [-0.25, -0.2) is 0 Å². The summed E-state index contributed by atoms with van der Waals surface area (Å²) in [5.74, 6) is 0. The van der Waals surface area contributed by atoms with Crippen molar-refractivity contribution in [1.29, 1.82) is 0 Å². The van der Waals surface area contributed by atoms with Crippen molar-refractivity contribution < 1.29 is 5.11 Å². The van der Waals surface area contributed by atoms with Crippen LogP contribution in [-0.4, -0.2) is 52.9 Å². The molecule has 0 amide bonds. The summed E-state index contributed by atoms with van der Waals surface area (Å²) in [7, 11) is 0. The lowest BCUT2D eigenvalue weighted by Crippen LogP contribution is -2.71. The zero-order chi connectivity index (χ0) is 8.06. The lowest BCUT2D eigenvalue weighted by molar-refractivity contribution is -0.173. The summed E-state index contributed by atoms with van der Waals surface area (Å²) < 4.78 is 0. The molecule has 3 heterocycles. The number of piperazine rings is 3. The van der Waals surface area contributed by atoms with Crippen molar-refractivity contribution in [2.75, 3.05) is 26.2 Å². The highest BCUT2D eigenvalue weighted by atomic mass is 16.3. The molecule has 3 rings (SSSR count). The maximum atomic E-state index is 9.81. The largest absolute Gasteiger partial charge is 0.376 e. The van der Waals surface area contributed by atoms with Gasteiger partial charge in [-0.15, -0.1) is 0 Å². The minimum Gasteiger partial charge on any atom is -0.376 e. The fraction of sp³-hybridized carbons (Fsp3) is 1.00. The number of rotatable bonds is 0. The second-order valence-corrected chi connectivity index (χ2v) is 4.05. The third-order valence-electron chi connectivity index (χ3n) is 3.11. The molecule has 1 atom stereocenters. The number of hydrogen-bond acceptors (Lipinski definition) is 3. The van der Waals surface area contributed by atoms with Gasteiger partial charge in [0.05, 0.1) is 5.54 Å². The van der Waals surface area contributed by atoms with Gasteiger partial charge in [0.2, 0.25) is 0 Å². The standard InChI is InChI=1S/C8H16N2O/c1-8(2)7(11)9-3-5-10(8)6-4-9/h7,11H,3-6H2,1-2H3. The first-order valence-electron chi connectivity index (χ1n) is 4.29. The molecule has 1 N–H and O–H groups in total. The molecular formula is C8H16N2O. The first kappa shape index (κ1) is 7.53. The van der Waals surface area contributed by atoms with E-state index in [-0.39, 0.29) is 11.8 Å². The van der Waals surface area contributed by atoms with E-state index in [4.69, 9.17) is 0 Å². The Morgan fingerprint density at radius 3 is 2.00 bits per heavy atom. The molecule has 0 aromatic carbocycles. The van der Waals surface area contributed by atoms with Gasteiger partial charge in [-0.1, -0.05) is 0 Å². The van der Waals surface area contributed by atoms with Crippen molar-refractivity contribution in [3.05, 3.63) is 0 Å². The van der Waals surface area contributed by atoms with Crippen molar-refractivity contribution in [3.8, 4) is 0 Å². The molecule has 0 saturated carbocycles. The molecule has 3 fully saturated rings. The Balaban J connectivity index is 2.23. The molecule has 0 radical (unpaired) electrons. The minimum absolute atomic E-state index is 0.0312. The van der Waals surface area contributed by atoms with Gasteiger partial charge in [0.25, 0.3) is 0 Å². The average molecular weight is 156 g/mol. The third kappa shape index (κ3) is 0.916. The summed E-state index contributed by atoms with van der Waals surface area (Å²) >= 11 is 0. The molecule has 0 aromatic heterocycles. The Morgan fingerprint density at radius 2 is 1.73 bits per heavy atom. The minimum atomic E-state index is -0.259. The lowest BCUT2D eigenvalue weighted by atomic mass is 9.93. The van der Waals surface area contributed by atoms with Gasteiger partial charge in [0.1, 0.15) is 6.23 Å². The van der Waals surface area contributed by atoms with Crippen molar-refractivity contribution in [2.45, 2.75) is 25.6 Å². The summed E-state index contributed by atoms with van der Waals surface area (Å²) in [6, 6.07) is 0. The summed E-state index contributed by atoms with van der Waals surface area (Å²) in [4.78, 5) is 4.54. The van der Waals surface area contributed by atoms with Gasteiger partial charge in [0, 0.05) is 26.2 Å². The van der Waals surface area contributed by atoms with Crippen LogP contribution < -0.4 is 0 Å². The third-order valence-corrected chi connectivity index (χ3v) is 3.11. The predicted octanol–water partition coefficient (Wildman–Crippen LogP) is -0.285. The summed E-state index contributed by atoms with van der Waals surface area (Å²) in [5.41, 5.74) is -0.0312. The van der Waals surface area contributed by atoms with Crippen LogP contribution in [0.4, 0.5) is 0 Å². The smallest absolute Gasteiger partial charge is 0.125 e. The van der Waals surface area contributed by atoms with Crippen LogP contribution in [0.3, 0.4) is 0 Å². The number of fused-ring (bicyclic) bond motifs is 3. The molecule has 3 saturated heterocycles. The van der Waals surface area contributed by atoms with E-state index >= 15 is 0 Å². The Bertz CT molecular complexity index is 157. The zero-order valence-electron chi connectivity index (χ0n) is 7.25. The molecule has 0 spiro atoms. The van der Waals surface area contributed by atoms with Crippen LogP contribution in [0, 0.1) is 0 Å². The van der Waals surface area contributed by atoms with E-state index in [1.807, 2.05) is 0 Å². The molecule has 0 aliphatic carbocycles. The normalized spacial score (nSPS) is 47.7. The zero-order valence-corrected chi connectivity index (χ0v) is 7.25. The van der Waals surface area contributed by atoms with E-state index < -0.39 is 0 Å². The fourth-order valence-corrected chi connectivity index (χ4v) is 2.15. The Morgan fingerprint density at radius 1 is 1.18 bits per heavy atom. The summed E-state index contributed by atoms with van der Waals surface area (Å²) in [6.45, 7) is 8.52. The van der Waals surface area contributed by atoms with Crippen LogP contribution in [-0.2, 0) is 0 Å². The molecule has 3 aliphatic rings. The number of nitrogens with zero attached hydrogens (tertiary/aromatic N) is 2. The van der Waals surface area contributed by atoms with E-state index in [2.05, 4.69) is 23.6 Å². The highest BCUT2D eigenvalue weighted by Crippen LogP contribution is 2.29. The Kier molecular flexibility index (Phi) is 1.50. The van der Waals surface area contributed by atoms with E-state index in [0.717, 1.165) is 26.2 Å². The molecule has 64 valence electrons. The molecule has 1 unspecified atom stereocenters. The SMILES string of the molecule is CC1(C)C(O)N2CCN1CC2. The van der Waals surface area contributed by atoms with E-state index in [0.29, 0.717) is 0 Å².